The van der Waals surface area contributed by atoms with Crippen molar-refractivity contribution in [2.24, 2.45) is 0 Å². The Morgan fingerprint density at radius 1 is 0.321 bits per heavy atom. The molecule has 0 aromatic heterocycles. The van der Waals surface area contributed by atoms with Crippen LogP contribution in [0.1, 0.15) is 150 Å². The lowest BCUT2D eigenvalue weighted by atomic mass is 9.82. The molecule has 0 atom stereocenters. The Balaban J connectivity index is 1.79. The molecule has 56 heavy (non-hydrogen) atoms. The molecule has 4 aromatic carbocycles. The fraction of sp³-hybridized carbons (Fsp3) is 0.520. The molecular weight excluding hydrogens is 697 g/mol. The van der Waals surface area contributed by atoms with Gasteiger partial charge in [0.15, 0.2) is 0 Å². The van der Waals surface area contributed by atoms with E-state index >= 15 is 0 Å². The van der Waals surface area contributed by atoms with Gasteiger partial charge < -0.3 is 28.4 Å². The van der Waals surface area contributed by atoms with E-state index in [1.54, 1.807) is 28.4 Å². The van der Waals surface area contributed by atoms with E-state index in [0.717, 1.165) is 67.5 Å². The molecule has 6 heteroatoms. The van der Waals surface area contributed by atoms with Gasteiger partial charge in [-0.2, -0.15) is 0 Å². The zero-order valence-electron chi connectivity index (χ0n) is 37.3. The van der Waals surface area contributed by atoms with E-state index in [9.17, 15) is 0 Å². The average Bonchev–Trinajstić information content (AvgIpc) is 3.09. The largest absolute Gasteiger partial charge is 0.496 e. The Hall–Kier alpha value is -4.00. The Morgan fingerprint density at radius 3 is 0.661 bits per heavy atom. The standard InChI is InChI=1S/C50H68O6/c1-47(2,3)39-19-31-17-32-20-40(48(4,5)6)25-37(44(32)52-14)29-56-30-38-26-42(50(10,11)12)22-34(46(38)54-16)18-33-21-41(49(7,8)9)24-36(45(33)53-15)28-55-27-35(23-39)43(31)51-13/h19-26H,17-18,27-30H2,1-16H3. The van der Waals surface area contributed by atoms with Gasteiger partial charge in [-0.25, -0.2) is 0 Å². The molecule has 1 aliphatic rings. The summed E-state index contributed by atoms with van der Waals surface area (Å²) in [5.41, 5.74) is 13.0. The van der Waals surface area contributed by atoms with E-state index in [1.165, 1.54) is 22.3 Å². The minimum absolute atomic E-state index is 0.0944. The highest BCUT2D eigenvalue weighted by Gasteiger charge is 2.27. The molecule has 1 aliphatic heterocycles. The molecule has 0 N–H and O–H groups in total. The highest BCUT2D eigenvalue weighted by Crippen LogP contribution is 2.41. The van der Waals surface area contributed by atoms with E-state index in [1.807, 2.05) is 0 Å². The predicted octanol–water partition coefficient (Wildman–Crippen LogP) is 11.8. The molecule has 0 saturated carbocycles. The Bertz CT molecular complexity index is 1740. The molecular formula is C50H68O6. The van der Waals surface area contributed by atoms with Gasteiger partial charge in [0.1, 0.15) is 23.0 Å². The molecule has 4 aromatic rings. The Morgan fingerprint density at radius 2 is 0.500 bits per heavy atom. The third-order valence-corrected chi connectivity index (χ3v) is 11.0. The fourth-order valence-corrected chi connectivity index (χ4v) is 7.70. The monoisotopic (exact) mass is 765 g/mol. The van der Waals surface area contributed by atoms with Crippen molar-refractivity contribution < 1.29 is 28.4 Å². The van der Waals surface area contributed by atoms with Gasteiger partial charge >= 0.3 is 0 Å². The summed E-state index contributed by atoms with van der Waals surface area (Å²) in [6.45, 7) is 28.5. The minimum Gasteiger partial charge on any atom is -0.496 e. The van der Waals surface area contributed by atoms with Crippen molar-refractivity contribution in [3.8, 4) is 23.0 Å². The molecule has 8 bridgehead atoms. The van der Waals surface area contributed by atoms with Gasteiger partial charge in [-0.1, -0.05) is 107 Å². The predicted molar refractivity (Wildman–Crippen MR) is 229 cm³/mol. The number of hydrogen-bond donors (Lipinski definition) is 0. The quantitative estimate of drug-likeness (QED) is 0.206. The van der Waals surface area contributed by atoms with Gasteiger partial charge in [0.2, 0.25) is 0 Å². The second kappa shape index (κ2) is 16.5. The third kappa shape index (κ3) is 9.57. The number of methoxy groups -OCH3 is 4. The van der Waals surface area contributed by atoms with Crippen LogP contribution in [0, 0.1) is 0 Å². The van der Waals surface area contributed by atoms with Crippen LogP contribution in [0.25, 0.3) is 0 Å². The highest BCUT2D eigenvalue weighted by atomic mass is 16.5. The average molecular weight is 765 g/mol. The normalized spacial score (nSPS) is 14.6. The summed E-state index contributed by atoms with van der Waals surface area (Å²) in [6, 6.07) is 18.2. The van der Waals surface area contributed by atoms with Crippen LogP contribution in [0.3, 0.4) is 0 Å². The topological polar surface area (TPSA) is 55.4 Å². The van der Waals surface area contributed by atoms with Crippen molar-refractivity contribution in [1.82, 2.24) is 0 Å². The summed E-state index contributed by atoms with van der Waals surface area (Å²) in [4.78, 5) is 0. The Kier molecular flexibility index (Phi) is 12.7. The van der Waals surface area contributed by atoms with Crippen molar-refractivity contribution in [1.29, 1.82) is 0 Å². The summed E-state index contributed by atoms with van der Waals surface area (Å²) < 4.78 is 38.4. The summed E-state index contributed by atoms with van der Waals surface area (Å²) in [6.07, 6.45) is 1.24. The summed E-state index contributed by atoms with van der Waals surface area (Å²) in [7, 11) is 7.04. The summed E-state index contributed by atoms with van der Waals surface area (Å²) >= 11 is 0. The molecule has 0 spiro atoms. The summed E-state index contributed by atoms with van der Waals surface area (Å²) in [5, 5.41) is 0. The second-order valence-corrected chi connectivity index (χ2v) is 19.7. The molecule has 304 valence electrons. The maximum absolute atomic E-state index is 6.69. The minimum atomic E-state index is -0.0944. The van der Waals surface area contributed by atoms with Crippen LogP contribution >= 0.6 is 0 Å². The molecule has 6 nitrogen and oxygen atoms in total. The first-order valence-corrected chi connectivity index (χ1v) is 20.1. The lowest BCUT2D eigenvalue weighted by Gasteiger charge is -2.27. The lowest BCUT2D eigenvalue weighted by molar-refractivity contribution is 0.103. The molecule has 0 amide bonds. The van der Waals surface area contributed by atoms with Crippen molar-refractivity contribution in [3.63, 3.8) is 0 Å². The van der Waals surface area contributed by atoms with Crippen LogP contribution in [-0.4, -0.2) is 28.4 Å². The van der Waals surface area contributed by atoms with Crippen molar-refractivity contribution in [2.45, 2.75) is 144 Å². The molecule has 0 aliphatic carbocycles. The fourth-order valence-electron chi connectivity index (χ4n) is 7.70. The smallest absolute Gasteiger partial charge is 0.127 e. The molecule has 0 radical (unpaired) electrons. The Labute approximate surface area is 338 Å². The van der Waals surface area contributed by atoms with Crippen LogP contribution in [0.15, 0.2) is 48.5 Å². The molecule has 5 rings (SSSR count). The van der Waals surface area contributed by atoms with Gasteiger partial charge in [0.05, 0.1) is 54.9 Å². The van der Waals surface area contributed by atoms with E-state index in [0.29, 0.717) is 39.3 Å². The first kappa shape index (κ1) is 43.1. The molecule has 0 unspecified atom stereocenters. The van der Waals surface area contributed by atoms with E-state index in [2.05, 4.69) is 132 Å². The second-order valence-electron chi connectivity index (χ2n) is 19.7. The number of benzene rings is 4. The van der Waals surface area contributed by atoms with Crippen LogP contribution in [0.4, 0.5) is 0 Å². The molecule has 0 saturated heterocycles. The van der Waals surface area contributed by atoms with E-state index < -0.39 is 0 Å². The van der Waals surface area contributed by atoms with Gasteiger partial charge in [0, 0.05) is 35.1 Å². The maximum Gasteiger partial charge on any atom is 0.127 e. The van der Waals surface area contributed by atoms with Crippen LogP contribution in [0.2, 0.25) is 0 Å². The molecule has 0 fully saturated rings. The number of hydrogen-bond acceptors (Lipinski definition) is 6. The van der Waals surface area contributed by atoms with Crippen LogP contribution in [0.5, 0.6) is 23.0 Å². The van der Waals surface area contributed by atoms with Gasteiger partial charge in [-0.15, -0.1) is 0 Å². The maximum atomic E-state index is 6.69. The highest BCUT2D eigenvalue weighted by molar-refractivity contribution is 5.55. The van der Waals surface area contributed by atoms with Crippen molar-refractivity contribution >= 4 is 0 Å². The number of fused-ring (bicyclic) bond motifs is 8. The first-order chi connectivity index (χ1) is 26.1. The lowest BCUT2D eigenvalue weighted by Crippen LogP contribution is -2.16. The van der Waals surface area contributed by atoms with Crippen molar-refractivity contribution in [3.05, 3.63) is 115 Å². The SMILES string of the molecule is COc1c2cc(C(C)(C)C)cc1Cc1cc(C(C)(C)C)cc(c1OC)COCc1cc(C(C)(C)C)cc(c1OC)Cc1cc(C(C)(C)C)cc(c1OC)COC2. The van der Waals surface area contributed by atoms with Gasteiger partial charge in [-0.05, 0) is 90.4 Å². The summed E-state index contributed by atoms with van der Waals surface area (Å²) in [5.74, 6) is 3.35. The third-order valence-electron chi connectivity index (χ3n) is 11.0. The molecule has 1 heterocycles. The van der Waals surface area contributed by atoms with Crippen LogP contribution in [-0.2, 0) is 70.4 Å². The zero-order valence-corrected chi connectivity index (χ0v) is 37.3. The number of ether oxygens (including phenoxy) is 6. The van der Waals surface area contributed by atoms with Gasteiger partial charge in [-0.3, -0.25) is 0 Å². The number of rotatable bonds is 4. The van der Waals surface area contributed by atoms with Crippen molar-refractivity contribution in [2.75, 3.05) is 28.4 Å². The first-order valence-electron chi connectivity index (χ1n) is 20.1. The zero-order chi connectivity index (χ0) is 41.4. The van der Waals surface area contributed by atoms with E-state index in [4.69, 9.17) is 28.4 Å². The van der Waals surface area contributed by atoms with Crippen LogP contribution < -0.4 is 18.9 Å². The van der Waals surface area contributed by atoms with Gasteiger partial charge in [0.25, 0.3) is 0 Å². The van der Waals surface area contributed by atoms with E-state index in [-0.39, 0.29) is 21.7 Å².